The van der Waals surface area contributed by atoms with Crippen LogP contribution in [-0.4, -0.2) is 13.1 Å². The molecule has 2 heteroatoms. The Hall–Kier alpha value is -0.0100. The molecule has 0 fully saturated rings. The Labute approximate surface area is 88.4 Å². The Morgan fingerprint density at radius 1 is 1.31 bits per heavy atom. The third-order valence-corrected chi connectivity index (χ3v) is 2.43. The van der Waals surface area contributed by atoms with E-state index in [-0.39, 0.29) is 12.4 Å². The zero-order valence-electron chi connectivity index (χ0n) is 8.64. The topological polar surface area (TPSA) is 12.0 Å². The van der Waals surface area contributed by atoms with Gasteiger partial charge in [-0.15, -0.1) is 12.4 Å². The molecule has 1 aliphatic rings. The fraction of sp³-hybridized carbons (Fsp3) is 0.818. The number of hydrogen-bond acceptors (Lipinski definition) is 1. The van der Waals surface area contributed by atoms with Gasteiger partial charge in [0.1, 0.15) is 0 Å². The zero-order valence-corrected chi connectivity index (χ0v) is 9.46. The second-order valence-corrected chi connectivity index (χ2v) is 3.61. The average Bonchev–Trinajstić information content (AvgIpc) is 2.14. The van der Waals surface area contributed by atoms with E-state index < -0.39 is 0 Å². The molecule has 0 bridgehead atoms. The van der Waals surface area contributed by atoms with Crippen LogP contribution < -0.4 is 5.32 Å². The molecular formula is C11H22ClN. The van der Waals surface area contributed by atoms with Crippen LogP contribution in [0.4, 0.5) is 0 Å². The largest absolute Gasteiger partial charge is 0.316 e. The van der Waals surface area contributed by atoms with Crippen molar-refractivity contribution in [1.82, 2.24) is 5.32 Å². The van der Waals surface area contributed by atoms with E-state index in [0.717, 1.165) is 0 Å². The molecule has 0 radical (unpaired) electrons. The molecule has 1 rings (SSSR count). The van der Waals surface area contributed by atoms with Crippen molar-refractivity contribution in [2.24, 2.45) is 0 Å². The van der Waals surface area contributed by atoms with Crippen molar-refractivity contribution in [3.63, 3.8) is 0 Å². The summed E-state index contributed by atoms with van der Waals surface area (Å²) in [6, 6.07) is 0. The van der Waals surface area contributed by atoms with Gasteiger partial charge in [0.15, 0.2) is 0 Å². The van der Waals surface area contributed by atoms with Crippen molar-refractivity contribution < 1.29 is 0 Å². The van der Waals surface area contributed by atoms with Gasteiger partial charge in [-0.3, -0.25) is 0 Å². The fourth-order valence-corrected chi connectivity index (χ4v) is 1.68. The lowest BCUT2D eigenvalue weighted by Crippen LogP contribution is -2.16. The van der Waals surface area contributed by atoms with E-state index in [4.69, 9.17) is 0 Å². The van der Waals surface area contributed by atoms with Crippen LogP contribution in [0.25, 0.3) is 0 Å². The second-order valence-electron chi connectivity index (χ2n) is 3.61. The Bertz CT molecular complexity index is 143. The number of allylic oxidation sites excluding steroid dienone is 1. The molecule has 0 atom stereocenters. The molecule has 0 unspecified atom stereocenters. The molecule has 0 aromatic heterocycles. The Balaban J connectivity index is 0.00000144. The number of rotatable bonds is 5. The highest BCUT2D eigenvalue weighted by Crippen LogP contribution is 2.19. The second kappa shape index (κ2) is 8.58. The third kappa shape index (κ3) is 6.11. The van der Waals surface area contributed by atoms with Gasteiger partial charge in [-0.2, -0.15) is 0 Å². The standard InChI is InChI=1S/C11H21N.ClH/c1-2-9-12-10-8-11-6-4-3-5-7-11;/h6,12H,2-5,7-10H2,1H3;1H. The van der Waals surface area contributed by atoms with E-state index >= 15 is 0 Å². The molecule has 0 spiro atoms. The number of halogens is 1. The molecule has 1 N–H and O–H groups in total. The normalized spacial score (nSPS) is 16.2. The first-order valence-electron chi connectivity index (χ1n) is 5.32. The van der Waals surface area contributed by atoms with Crippen molar-refractivity contribution in [3.8, 4) is 0 Å². The maximum absolute atomic E-state index is 3.44. The SMILES string of the molecule is CCCNCCC1=CCCCC1.Cl. The monoisotopic (exact) mass is 203 g/mol. The smallest absolute Gasteiger partial charge is 0.00116 e. The van der Waals surface area contributed by atoms with Crippen molar-refractivity contribution in [1.29, 1.82) is 0 Å². The van der Waals surface area contributed by atoms with Crippen molar-refractivity contribution in [2.45, 2.75) is 45.4 Å². The predicted octanol–water partition coefficient (Wildman–Crippen LogP) is 3.30. The Kier molecular flexibility index (Phi) is 8.58. The Morgan fingerprint density at radius 3 is 2.77 bits per heavy atom. The lowest BCUT2D eigenvalue weighted by molar-refractivity contribution is 0.627. The number of hydrogen-bond donors (Lipinski definition) is 1. The molecule has 13 heavy (non-hydrogen) atoms. The van der Waals surface area contributed by atoms with Gasteiger partial charge < -0.3 is 5.32 Å². The van der Waals surface area contributed by atoms with Gasteiger partial charge in [0.25, 0.3) is 0 Å². The maximum Gasteiger partial charge on any atom is -0.00116 e. The van der Waals surface area contributed by atoms with Crippen LogP contribution in [0.2, 0.25) is 0 Å². The summed E-state index contributed by atoms with van der Waals surface area (Å²) in [6.45, 7) is 4.57. The molecular weight excluding hydrogens is 182 g/mol. The molecule has 0 heterocycles. The van der Waals surface area contributed by atoms with E-state index in [0.29, 0.717) is 0 Å². The highest BCUT2D eigenvalue weighted by atomic mass is 35.5. The molecule has 0 aromatic rings. The molecule has 0 amide bonds. The fourth-order valence-electron chi connectivity index (χ4n) is 1.68. The lowest BCUT2D eigenvalue weighted by atomic mass is 9.97. The highest BCUT2D eigenvalue weighted by Gasteiger charge is 2.01. The molecule has 0 aliphatic heterocycles. The molecule has 0 aromatic carbocycles. The van der Waals surface area contributed by atoms with E-state index in [1.54, 1.807) is 5.57 Å². The minimum Gasteiger partial charge on any atom is -0.316 e. The van der Waals surface area contributed by atoms with Crippen LogP contribution in [-0.2, 0) is 0 Å². The highest BCUT2D eigenvalue weighted by molar-refractivity contribution is 5.85. The summed E-state index contributed by atoms with van der Waals surface area (Å²) in [6.07, 6.45) is 10.5. The number of nitrogens with one attached hydrogen (secondary N) is 1. The van der Waals surface area contributed by atoms with E-state index in [2.05, 4.69) is 18.3 Å². The molecule has 78 valence electrons. The van der Waals surface area contributed by atoms with Gasteiger partial charge in [-0.25, -0.2) is 0 Å². The van der Waals surface area contributed by atoms with Gasteiger partial charge in [0.05, 0.1) is 0 Å². The van der Waals surface area contributed by atoms with Gasteiger partial charge >= 0.3 is 0 Å². The maximum atomic E-state index is 3.44. The summed E-state index contributed by atoms with van der Waals surface area (Å²) in [5.74, 6) is 0. The van der Waals surface area contributed by atoms with E-state index in [1.165, 1.54) is 51.6 Å². The van der Waals surface area contributed by atoms with Crippen LogP contribution in [0.5, 0.6) is 0 Å². The first-order chi connectivity index (χ1) is 5.93. The van der Waals surface area contributed by atoms with Crippen molar-refractivity contribution in [2.75, 3.05) is 13.1 Å². The molecule has 0 saturated carbocycles. The lowest BCUT2D eigenvalue weighted by Gasteiger charge is -2.12. The van der Waals surface area contributed by atoms with Gasteiger partial charge in [-0.05, 0) is 51.6 Å². The first kappa shape index (κ1) is 13.0. The summed E-state index contributed by atoms with van der Waals surface area (Å²) >= 11 is 0. The predicted molar refractivity (Wildman–Crippen MR) is 61.6 cm³/mol. The van der Waals surface area contributed by atoms with Crippen LogP contribution in [0.1, 0.15) is 45.4 Å². The summed E-state index contributed by atoms with van der Waals surface area (Å²) in [7, 11) is 0. The van der Waals surface area contributed by atoms with Gasteiger partial charge in [0.2, 0.25) is 0 Å². The van der Waals surface area contributed by atoms with E-state index in [1.807, 2.05) is 0 Å². The van der Waals surface area contributed by atoms with Gasteiger partial charge in [0, 0.05) is 0 Å². The summed E-state index contributed by atoms with van der Waals surface area (Å²) in [5, 5.41) is 3.44. The molecule has 0 saturated heterocycles. The molecule has 1 nitrogen and oxygen atoms in total. The van der Waals surface area contributed by atoms with Gasteiger partial charge in [-0.1, -0.05) is 18.6 Å². The van der Waals surface area contributed by atoms with Crippen LogP contribution in [0, 0.1) is 0 Å². The molecule has 1 aliphatic carbocycles. The minimum atomic E-state index is 0. The van der Waals surface area contributed by atoms with Crippen LogP contribution in [0.3, 0.4) is 0 Å². The summed E-state index contributed by atoms with van der Waals surface area (Å²) in [5.41, 5.74) is 1.69. The summed E-state index contributed by atoms with van der Waals surface area (Å²) < 4.78 is 0. The summed E-state index contributed by atoms with van der Waals surface area (Å²) in [4.78, 5) is 0. The third-order valence-electron chi connectivity index (χ3n) is 2.43. The quantitative estimate of drug-likeness (QED) is 0.534. The first-order valence-corrected chi connectivity index (χ1v) is 5.32. The van der Waals surface area contributed by atoms with Crippen molar-refractivity contribution in [3.05, 3.63) is 11.6 Å². The zero-order chi connectivity index (χ0) is 8.65. The Morgan fingerprint density at radius 2 is 2.15 bits per heavy atom. The van der Waals surface area contributed by atoms with E-state index in [9.17, 15) is 0 Å². The average molecular weight is 204 g/mol. The van der Waals surface area contributed by atoms with Crippen LogP contribution >= 0.6 is 12.4 Å². The van der Waals surface area contributed by atoms with Crippen molar-refractivity contribution >= 4 is 12.4 Å². The van der Waals surface area contributed by atoms with Crippen LogP contribution in [0.15, 0.2) is 11.6 Å². The minimum absolute atomic E-state index is 0.